The van der Waals surface area contributed by atoms with Gasteiger partial charge in [0.2, 0.25) is 5.91 Å². The van der Waals surface area contributed by atoms with Crippen molar-refractivity contribution in [3.63, 3.8) is 0 Å². The lowest BCUT2D eigenvalue weighted by molar-refractivity contribution is 0.100. The molecule has 2 aromatic rings. The van der Waals surface area contributed by atoms with E-state index in [9.17, 15) is 4.79 Å². The maximum absolute atomic E-state index is 11.0. The van der Waals surface area contributed by atoms with E-state index in [0.717, 1.165) is 18.5 Å². The molecule has 0 bridgehead atoms. The molecule has 21 heavy (non-hydrogen) atoms. The van der Waals surface area contributed by atoms with Crippen LogP contribution in [0.1, 0.15) is 34.7 Å². The summed E-state index contributed by atoms with van der Waals surface area (Å²) < 4.78 is 1.19. The molecule has 1 aliphatic carbocycles. The van der Waals surface area contributed by atoms with Crippen LogP contribution in [-0.4, -0.2) is 11.9 Å². The zero-order valence-corrected chi connectivity index (χ0v) is 13.1. The van der Waals surface area contributed by atoms with Crippen LogP contribution >= 0.6 is 15.9 Å². The summed E-state index contributed by atoms with van der Waals surface area (Å²) in [6.07, 6.45) is 2.25. The van der Waals surface area contributed by atoms with Crippen LogP contribution in [0.4, 0.5) is 5.69 Å². The van der Waals surface area contributed by atoms with Gasteiger partial charge in [-0.3, -0.25) is 4.79 Å². The van der Waals surface area contributed by atoms with Crippen LogP contribution in [0, 0.1) is 0 Å². The summed E-state index contributed by atoms with van der Waals surface area (Å²) in [4.78, 5) is 11.0. The first-order valence-corrected chi connectivity index (χ1v) is 7.83. The molecule has 0 radical (unpaired) electrons. The molecular weight excluding hydrogens is 328 g/mol. The number of rotatable bonds is 4. The van der Waals surface area contributed by atoms with Gasteiger partial charge >= 0.3 is 0 Å². The lowest BCUT2D eigenvalue weighted by Gasteiger charge is -2.37. The van der Waals surface area contributed by atoms with Crippen molar-refractivity contribution in [2.75, 3.05) is 5.32 Å². The molecule has 2 aromatic carbocycles. The minimum absolute atomic E-state index is 0.390. The topological polar surface area (TPSA) is 55.1 Å². The van der Waals surface area contributed by atoms with Crippen LogP contribution in [0.5, 0.6) is 0 Å². The highest BCUT2D eigenvalue weighted by molar-refractivity contribution is 9.10. The van der Waals surface area contributed by atoms with E-state index in [2.05, 4.69) is 39.4 Å². The fourth-order valence-electron chi connectivity index (χ4n) is 2.76. The number of carbonyl (C=O) groups is 1. The van der Waals surface area contributed by atoms with Gasteiger partial charge in [0, 0.05) is 21.8 Å². The summed E-state index contributed by atoms with van der Waals surface area (Å²) in [6.45, 7) is 0. The second kappa shape index (κ2) is 5.90. The maximum atomic E-state index is 11.0. The largest absolute Gasteiger partial charge is 0.382 e. The second-order valence-corrected chi connectivity index (χ2v) is 6.33. The van der Waals surface area contributed by atoms with Crippen LogP contribution < -0.4 is 11.1 Å². The van der Waals surface area contributed by atoms with Crippen LogP contribution in [0.15, 0.2) is 53.0 Å². The summed E-state index contributed by atoms with van der Waals surface area (Å²) >= 11 is 3.62. The molecule has 108 valence electrons. The zero-order chi connectivity index (χ0) is 14.8. The van der Waals surface area contributed by atoms with E-state index in [1.807, 2.05) is 18.2 Å². The van der Waals surface area contributed by atoms with Crippen molar-refractivity contribution in [1.29, 1.82) is 0 Å². The van der Waals surface area contributed by atoms with Crippen molar-refractivity contribution in [2.45, 2.75) is 24.8 Å². The molecule has 0 saturated heterocycles. The highest BCUT2D eigenvalue weighted by Gasteiger charge is 2.31. The fourth-order valence-corrected chi connectivity index (χ4v) is 3.37. The lowest BCUT2D eigenvalue weighted by Crippen LogP contribution is -2.34. The molecule has 1 aliphatic rings. The van der Waals surface area contributed by atoms with Crippen molar-refractivity contribution >= 4 is 27.5 Å². The molecule has 0 spiro atoms. The van der Waals surface area contributed by atoms with Gasteiger partial charge in [0.15, 0.2) is 0 Å². The number of primary amides is 1. The molecule has 0 atom stereocenters. The third kappa shape index (κ3) is 3.10. The quantitative estimate of drug-likeness (QED) is 0.883. The molecule has 1 amide bonds. The van der Waals surface area contributed by atoms with Crippen molar-refractivity contribution < 1.29 is 4.79 Å². The third-order valence-electron chi connectivity index (χ3n) is 4.02. The van der Waals surface area contributed by atoms with Gasteiger partial charge in [0.25, 0.3) is 0 Å². The average molecular weight is 345 g/mol. The molecule has 0 heterocycles. The number of benzene rings is 2. The predicted molar refractivity (Wildman–Crippen MR) is 88.5 cm³/mol. The van der Waals surface area contributed by atoms with Gasteiger partial charge in [-0.1, -0.05) is 34.1 Å². The Morgan fingerprint density at radius 2 is 1.76 bits per heavy atom. The molecule has 1 fully saturated rings. The van der Waals surface area contributed by atoms with Crippen molar-refractivity contribution in [2.24, 2.45) is 5.73 Å². The maximum Gasteiger partial charge on any atom is 0.248 e. The van der Waals surface area contributed by atoms with Gasteiger partial charge in [0.1, 0.15) is 0 Å². The number of anilines is 1. The molecule has 3 N–H and O–H groups in total. The Hall–Kier alpha value is -1.81. The smallest absolute Gasteiger partial charge is 0.248 e. The Bertz CT molecular complexity index is 648. The van der Waals surface area contributed by atoms with E-state index in [4.69, 9.17) is 5.73 Å². The molecule has 0 aromatic heterocycles. The fraction of sp³-hybridized carbons (Fsp3) is 0.235. The summed E-state index contributed by atoms with van der Waals surface area (Å²) in [5.41, 5.74) is 8.20. The highest BCUT2D eigenvalue weighted by Crippen LogP contribution is 2.41. The van der Waals surface area contributed by atoms with E-state index in [-0.39, 0.29) is 5.91 Å². The Morgan fingerprint density at radius 3 is 2.38 bits per heavy atom. The van der Waals surface area contributed by atoms with Gasteiger partial charge in [-0.05, 0) is 54.7 Å². The molecule has 4 heteroatoms. The molecule has 1 saturated carbocycles. The molecule has 3 rings (SSSR count). The van der Waals surface area contributed by atoms with E-state index >= 15 is 0 Å². The highest BCUT2D eigenvalue weighted by atomic mass is 79.9. The monoisotopic (exact) mass is 344 g/mol. The zero-order valence-electron chi connectivity index (χ0n) is 11.6. The van der Waals surface area contributed by atoms with Gasteiger partial charge < -0.3 is 11.1 Å². The number of hydrogen-bond acceptors (Lipinski definition) is 2. The van der Waals surface area contributed by atoms with Crippen molar-refractivity contribution in [3.05, 3.63) is 64.1 Å². The Morgan fingerprint density at radius 1 is 1.10 bits per heavy atom. The van der Waals surface area contributed by atoms with Crippen LogP contribution in [0.25, 0.3) is 0 Å². The van der Waals surface area contributed by atoms with Crippen molar-refractivity contribution in [3.8, 4) is 0 Å². The van der Waals surface area contributed by atoms with Crippen molar-refractivity contribution in [1.82, 2.24) is 0 Å². The molecular formula is C17H17BrN2O. The van der Waals surface area contributed by atoms with Crippen LogP contribution in [-0.2, 0) is 0 Å². The Balaban J connectivity index is 1.57. The van der Waals surface area contributed by atoms with Gasteiger partial charge in [-0.2, -0.15) is 0 Å². The van der Waals surface area contributed by atoms with Gasteiger partial charge in [-0.15, -0.1) is 0 Å². The minimum atomic E-state index is -0.390. The first-order chi connectivity index (χ1) is 10.1. The minimum Gasteiger partial charge on any atom is -0.382 e. The predicted octanol–water partition coefficient (Wildman–Crippen LogP) is 3.91. The number of nitrogens with two attached hydrogens (primary N) is 1. The molecule has 0 unspecified atom stereocenters. The lowest BCUT2D eigenvalue weighted by atomic mass is 9.76. The Labute approximate surface area is 132 Å². The normalized spacial score (nSPS) is 20.6. The summed E-state index contributed by atoms with van der Waals surface area (Å²) in [5, 5.41) is 3.50. The van der Waals surface area contributed by atoms with Gasteiger partial charge in [-0.25, -0.2) is 0 Å². The first kappa shape index (κ1) is 14.1. The summed E-state index contributed by atoms with van der Waals surface area (Å²) in [6, 6.07) is 16.2. The summed E-state index contributed by atoms with van der Waals surface area (Å²) in [7, 11) is 0. The van der Waals surface area contributed by atoms with E-state index in [1.165, 1.54) is 10.0 Å². The van der Waals surface area contributed by atoms with Crippen LogP contribution in [0.2, 0.25) is 0 Å². The van der Waals surface area contributed by atoms with E-state index in [1.54, 1.807) is 12.1 Å². The van der Waals surface area contributed by atoms with Crippen LogP contribution in [0.3, 0.4) is 0 Å². The standard InChI is InChI=1S/C17H17BrN2O/c18-16-4-2-1-3-15(16)12-9-14(10-12)20-13-7-5-11(6-8-13)17(19)21/h1-8,12,14,20H,9-10H2,(H2,19,21). The number of amides is 1. The first-order valence-electron chi connectivity index (χ1n) is 7.04. The Kier molecular flexibility index (Phi) is 3.97. The second-order valence-electron chi connectivity index (χ2n) is 5.47. The molecule has 0 aliphatic heterocycles. The SMILES string of the molecule is NC(=O)c1ccc(NC2CC(c3ccccc3Br)C2)cc1. The number of halogens is 1. The van der Waals surface area contributed by atoms with E-state index < -0.39 is 0 Å². The number of nitrogens with one attached hydrogen (secondary N) is 1. The molecule has 3 nitrogen and oxygen atoms in total. The third-order valence-corrected chi connectivity index (χ3v) is 4.75. The average Bonchev–Trinajstić information content (AvgIpc) is 2.44. The summed E-state index contributed by atoms with van der Waals surface area (Å²) in [5.74, 6) is 0.224. The number of carbonyl (C=O) groups excluding carboxylic acids is 1. The van der Waals surface area contributed by atoms with E-state index in [0.29, 0.717) is 17.5 Å². The van der Waals surface area contributed by atoms with Gasteiger partial charge in [0.05, 0.1) is 0 Å². The number of hydrogen-bond donors (Lipinski definition) is 2.